The predicted octanol–water partition coefficient (Wildman–Crippen LogP) is 4.98. The Morgan fingerprint density at radius 2 is 1.52 bits per heavy atom. The molecule has 2 unspecified atom stereocenters. The average Bonchev–Trinajstić information content (AvgIpc) is 2.80. The van der Waals surface area contributed by atoms with E-state index < -0.39 is 25.2 Å². The first kappa shape index (κ1) is 24.6. The summed E-state index contributed by atoms with van der Waals surface area (Å²) in [6, 6.07) is 18.6. The minimum absolute atomic E-state index is 0.00966. The molecular formula is C24H29O6P. The Morgan fingerprint density at radius 1 is 0.968 bits per heavy atom. The molecule has 0 spiro atoms. The summed E-state index contributed by atoms with van der Waals surface area (Å²) in [5.74, 6) is -1.69. The van der Waals surface area contributed by atoms with E-state index >= 15 is 0 Å². The molecule has 166 valence electrons. The van der Waals surface area contributed by atoms with Crippen LogP contribution in [0, 0.1) is 5.92 Å². The topological polar surface area (TPSA) is 78.9 Å². The van der Waals surface area contributed by atoms with Crippen LogP contribution >= 0.6 is 7.37 Å². The van der Waals surface area contributed by atoms with Crippen LogP contribution in [0.4, 0.5) is 0 Å². The number of hydrogen-bond acceptors (Lipinski definition) is 6. The number of ether oxygens (including phenoxy) is 2. The zero-order chi connectivity index (χ0) is 22.5. The molecule has 2 atom stereocenters. The van der Waals surface area contributed by atoms with Gasteiger partial charge in [-0.25, -0.2) is 0 Å². The van der Waals surface area contributed by atoms with Crippen LogP contribution in [-0.2, 0) is 41.4 Å². The van der Waals surface area contributed by atoms with Crippen molar-refractivity contribution < 1.29 is 28.2 Å². The van der Waals surface area contributed by atoms with E-state index in [1.807, 2.05) is 60.7 Å². The minimum Gasteiger partial charge on any atom is -0.461 e. The third kappa shape index (κ3) is 8.91. The zero-order valence-electron chi connectivity index (χ0n) is 17.8. The Kier molecular flexibility index (Phi) is 10.2. The summed E-state index contributed by atoms with van der Waals surface area (Å²) >= 11 is 0. The second-order valence-electron chi connectivity index (χ2n) is 7.13. The molecule has 2 aromatic rings. The first-order chi connectivity index (χ1) is 15.0. The Morgan fingerprint density at radius 3 is 2.03 bits per heavy atom. The molecular weight excluding hydrogens is 415 g/mol. The summed E-state index contributed by atoms with van der Waals surface area (Å²) < 4.78 is 28.8. The lowest BCUT2D eigenvalue weighted by Gasteiger charge is -2.21. The smallest absolute Gasteiger partial charge is 0.309 e. The van der Waals surface area contributed by atoms with E-state index in [2.05, 4.69) is 6.58 Å². The van der Waals surface area contributed by atoms with Gasteiger partial charge in [0.25, 0.3) is 0 Å². The minimum atomic E-state index is -3.10. The number of allylic oxidation sites excluding steroid dienone is 1. The number of esters is 2. The molecule has 0 N–H and O–H groups in total. The lowest BCUT2D eigenvalue weighted by atomic mass is 10.1. The first-order valence-corrected chi connectivity index (χ1v) is 12.1. The van der Waals surface area contributed by atoms with Crippen LogP contribution in [0.2, 0.25) is 0 Å². The lowest BCUT2D eigenvalue weighted by molar-refractivity contribution is -0.150. The fourth-order valence-corrected chi connectivity index (χ4v) is 4.83. The summed E-state index contributed by atoms with van der Waals surface area (Å²) in [4.78, 5) is 24.9. The fraction of sp³-hybridized carbons (Fsp3) is 0.333. The van der Waals surface area contributed by atoms with Gasteiger partial charge >= 0.3 is 11.9 Å². The summed E-state index contributed by atoms with van der Waals surface area (Å²) in [6.07, 6.45) is 1.80. The molecule has 0 aliphatic carbocycles. The van der Waals surface area contributed by atoms with Crippen molar-refractivity contribution in [3.8, 4) is 0 Å². The van der Waals surface area contributed by atoms with Gasteiger partial charge in [-0.2, -0.15) is 0 Å². The molecule has 6 nitrogen and oxygen atoms in total. The Bertz CT molecular complexity index is 881. The second kappa shape index (κ2) is 12.9. The molecule has 31 heavy (non-hydrogen) atoms. The highest BCUT2D eigenvalue weighted by atomic mass is 31.2. The van der Waals surface area contributed by atoms with Crippen LogP contribution in [0.5, 0.6) is 0 Å². The largest absolute Gasteiger partial charge is 0.461 e. The van der Waals surface area contributed by atoms with Gasteiger partial charge in [0.15, 0.2) is 0 Å². The predicted molar refractivity (Wildman–Crippen MR) is 120 cm³/mol. The first-order valence-electron chi connectivity index (χ1n) is 10.1. The second-order valence-corrected chi connectivity index (χ2v) is 9.85. The molecule has 0 aliphatic heterocycles. The van der Waals surface area contributed by atoms with Crippen LogP contribution in [-0.4, -0.2) is 31.4 Å². The van der Waals surface area contributed by atoms with Crippen LogP contribution in [0.25, 0.3) is 0 Å². The number of carbonyl (C=O) groups excluding carboxylic acids is 2. The standard InChI is InChI=1S/C24H29O6P/c1-3-16-31(27,28-2)19-22(24(26)30-18-21-12-8-5-9-13-21)14-15-23(25)29-17-20-10-6-4-7-11-20/h3-13,22H,1,14-19H2,2H3. The zero-order valence-corrected chi connectivity index (χ0v) is 18.7. The SMILES string of the molecule is C=CCP(=O)(CC(CCC(=O)OCc1ccccc1)C(=O)OCc1ccccc1)OC. The van der Waals surface area contributed by atoms with E-state index in [0.717, 1.165) is 11.1 Å². The van der Waals surface area contributed by atoms with E-state index in [1.54, 1.807) is 0 Å². The van der Waals surface area contributed by atoms with Crippen molar-refractivity contribution in [3.63, 3.8) is 0 Å². The van der Waals surface area contributed by atoms with Gasteiger partial charge in [-0.05, 0) is 17.5 Å². The quantitative estimate of drug-likeness (QED) is 0.246. The normalized spacial score (nSPS) is 13.6. The van der Waals surface area contributed by atoms with E-state index in [-0.39, 0.29) is 38.4 Å². The fourth-order valence-electron chi connectivity index (χ4n) is 2.99. The summed E-state index contributed by atoms with van der Waals surface area (Å²) in [5, 5.41) is 0. The van der Waals surface area contributed by atoms with Crippen molar-refractivity contribution in [1.29, 1.82) is 0 Å². The van der Waals surface area contributed by atoms with Crippen LogP contribution in [0.15, 0.2) is 73.3 Å². The highest BCUT2D eigenvalue weighted by molar-refractivity contribution is 7.59. The monoisotopic (exact) mass is 444 g/mol. The maximum absolute atomic E-state index is 12.9. The molecule has 0 fully saturated rings. The molecule has 0 heterocycles. The van der Waals surface area contributed by atoms with Gasteiger partial charge in [0, 0.05) is 25.9 Å². The molecule has 0 aliphatic rings. The molecule has 0 amide bonds. The maximum atomic E-state index is 12.9. The summed E-state index contributed by atoms with van der Waals surface area (Å²) in [7, 11) is -1.75. The Balaban J connectivity index is 1.96. The van der Waals surface area contributed by atoms with Gasteiger partial charge in [-0.1, -0.05) is 66.7 Å². The van der Waals surface area contributed by atoms with Gasteiger partial charge in [0.05, 0.1) is 5.92 Å². The molecule has 0 aromatic heterocycles. The molecule has 7 heteroatoms. The van der Waals surface area contributed by atoms with Gasteiger partial charge in [0.1, 0.15) is 13.2 Å². The number of carbonyl (C=O) groups is 2. The van der Waals surface area contributed by atoms with E-state index in [9.17, 15) is 14.2 Å². The van der Waals surface area contributed by atoms with Crippen LogP contribution in [0.3, 0.4) is 0 Å². The highest BCUT2D eigenvalue weighted by Crippen LogP contribution is 2.48. The van der Waals surface area contributed by atoms with E-state index in [4.69, 9.17) is 14.0 Å². The Labute approximate surface area is 183 Å². The maximum Gasteiger partial charge on any atom is 0.309 e. The van der Waals surface area contributed by atoms with Gasteiger partial charge in [-0.3, -0.25) is 14.2 Å². The van der Waals surface area contributed by atoms with Crippen LogP contribution < -0.4 is 0 Å². The van der Waals surface area contributed by atoms with Gasteiger partial charge < -0.3 is 14.0 Å². The molecule has 0 saturated carbocycles. The van der Waals surface area contributed by atoms with Crippen molar-refractivity contribution >= 4 is 19.3 Å². The van der Waals surface area contributed by atoms with E-state index in [0.29, 0.717) is 0 Å². The molecule has 0 saturated heterocycles. The molecule has 0 radical (unpaired) electrons. The van der Waals surface area contributed by atoms with Crippen molar-refractivity contribution in [2.24, 2.45) is 5.92 Å². The van der Waals surface area contributed by atoms with Crippen molar-refractivity contribution in [3.05, 3.63) is 84.4 Å². The van der Waals surface area contributed by atoms with E-state index in [1.165, 1.54) is 13.2 Å². The van der Waals surface area contributed by atoms with Crippen molar-refractivity contribution in [1.82, 2.24) is 0 Å². The van der Waals surface area contributed by atoms with Gasteiger partial charge in [0.2, 0.25) is 7.37 Å². The lowest BCUT2D eigenvalue weighted by Crippen LogP contribution is -2.23. The number of benzene rings is 2. The molecule has 0 bridgehead atoms. The molecule has 2 aromatic carbocycles. The third-order valence-corrected chi connectivity index (χ3v) is 7.21. The Hall–Kier alpha value is -2.69. The molecule has 2 rings (SSSR count). The van der Waals surface area contributed by atoms with Crippen molar-refractivity contribution in [2.45, 2.75) is 26.1 Å². The number of rotatable bonds is 13. The average molecular weight is 444 g/mol. The van der Waals surface area contributed by atoms with Crippen molar-refractivity contribution in [2.75, 3.05) is 19.4 Å². The van der Waals surface area contributed by atoms with Gasteiger partial charge in [-0.15, -0.1) is 6.58 Å². The summed E-state index contributed by atoms with van der Waals surface area (Å²) in [6.45, 7) is 3.87. The summed E-state index contributed by atoms with van der Waals surface area (Å²) in [5.41, 5.74) is 1.72. The number of hydrogen-bond donors (Lipinski definition) is 0. The highest BCUT2D eigenvalue weighted by Gasteiger charge is 2.31. The van der Waals surface area contributed by atoms with Crippen LogP contribution in [0.1, 0.15) is 24.0 Å². The third-order valence-electron chi connectivity index (χ3n) is 4.74.